The summed E-state index contributed by atoms with van der Waals surface area (Å²) in [5.41, 5.74) is 5.39. The van der Waals surface area contributed by atoms with Gasteiger partial charge in [0.05, 0.1) is 46.8 Å². The fourth-order valence-electron chi connectivity index (χ4n) is 4.90. The number of aliphatic hydroxyl groups excluding tert-OH is 1. The Morgan fingerprint density at radius 3 is 1.62 bits per heavy atom. The number of rotatable bonds is 13. The molecule has 1 aliphatic carbocycles. The van der Waals surface area contributed by atoms with Crippen molar-refractivity contribution in [1.82, 2.24) is 0 Å². The fraction of sp³-hybridized carbons (Fsp3) is 0.333. The second kappa shape index (κ2) is 16.9. The highest BCUT2D eigenvalue weighted by Gasteiger charge is 2.13. The Balaban J connectivity index is 1.10. The van der Waals surface area contributed by atoms with Crippen LogP contribution in [0, 0.1) is 6.92 Å². The Morgan fingerprint density at radius 1 is 0.578 bits per heavy atom. The second-order valence-electron chi connectivity index (χ2n) is 11.1. The Bertz CT molecular complexity index is 1560. The molecule has 1 fully saturated rings. The fourth-order valence-corrected chi connectivity index (χ4v) is 4.90. The Kier molecular flexibility index (Phi) is 11.9. The third kappa shape index (κ3) is 10.4. The number of azo groups is 3. The number of aliphatic hydroxyl groups is 1. The lowest BCUT2D eigenvalue weighted by molar-refractivity contribution is 0.184. The highest BCUT2D eigenvalue weighted by molar-refractivity contribution is 5.54. The van der Waals surface area contributed by atoms with Crippen molar-refractivity contribution in [3.05, 3.63) is 96.6 Å². The second-order valence-corrected chi connectivity index (χ2v) is 11.1. The van der Waals surface area contributed by atoms with Gasteiger partial charge in [0.25, 0.3) is 0 Å². The predicted octanol–water partition coefficient (Wildman–Crippen LogP) is 11.5. The first-order valence-corrected chi connectivity index (χ1v) is 15.7. The first-order valence-electron chi connectivity index (χ1n) is 15.7. The Hall–Kier alpha value is -4.76. The topological polar surface area (TPSA) is 113 Å². The molecule has 4 aromatic rings. The van der Waals surface area contributed by atoms with Gasteiger partial charge in [-0.3, -0.25) is 0 Å². The average Bonchev–Trinajstić information content (AvgIpc) is 3.35. The summed E-state index contributed by atoms with van der Waals surface area (Å²) in [6, 6.07) is 28.4. The lowest BCUT2D eigenvalue weighted by Gasteiger charge is -2.16. The molecule has 5 rings (SSSR count). The number of aryl methyl sites for hydroxylation is 1. The van der Waals surface area contributed by atoms with Gasteiger partial charge >= 0.3 is 0 Å². The summed E-state index contributed by atoms with van der Waals surface area (Å²) in [5, 5.41) is 35.0. The molecule has 0 radical (unpaired) electrons. The number of unbranched alkanes of at least 4 members (excludes halogenated alkanes) is 1. The standard InChI is InChI=1S/C36H40N6O3/c1-27-26-32(41-39-30-14-19-33(20-15-30)44-25-7-6-24-43)18-23-36(27)42-40-29-12-10-28(11-13-29)37-38-31-16-21-35(22-17-31)45-34-8-4-2-3-5-9-34/h10-23,26,34,43H,2-9,24-25H2,1H3/b38-37+,41-39+,42-40+. The Labute approximate surface area is 264 Å². The van der Waals surface area contributed by atoms with Crippen LogP contribution in [-0.4, -0.2) is 24.4 Å². The normalized spacial score (nSPS) is 14.4. The highest BCUT2D eigenvalue weighted by Crippen LogP contribution is 2.29. The van der Waals surface area contributed by atoms with Crippen molar-refractivity contribution in [1.29, 1.82) is 0 Å². The molecule has 0 atom stereocenters. The van der Waals surface area contributed by atoms with E-state index >= 15 is 0 Å². The van der Waals surface area contributed by atoms with E-state index in [9.17, 15) is 0 Å². The molecule has 9 nitrogen and oxygen atoms in total. The van der Waals surface area contributed by atoms with Crippen molar-refractivity contribution >= 4 is 34.1 Å². The highest BCUT2D eigenvalue weighted by atomic mass is 16.5. The first-order chi connectivity index (χ1) is 22.1. The van der Waals surface area contributed by atoms with Gasteiger partial charge in [-0.05, 0) is 142 Å². The third-order valence-corrected chi connectivity index (χ3v) is 7.46. The molecule has 1 saturated carbocycles. The molecular formula is C36H40N6O3. The van der Waals surface area contributed by atoms with E-state index in [1.165, 1.54) is 25.7 Å². The summed E-state index contributed by atoms with van der Waals surface area (Å²) in [6.45, 7) is 2.73. The summed E-state index contributed by atoms with van der Waals surface area (Å²) in [7, 11) is 0. The monoisotopic (exact) mass is 604 g/mol. The molecule has 0 unspecified atom stereocenters. The average molecular weight is 605 g/mol. The molecule has 0 heterocycles. The summed E-state index contributed by atoms with van der Waals surface area (Å²) in [5.74, 6) is 1.66. The maximum absolute atomic E-state index is 8.85. The zero-order chi connectivity index (χ0) is 31.1. The van der Waals surface area contributed by atoms with E-state index in [1.54, 1.807) is 0 Å². The summed E-state index contributed by atoms with van der Waals surface area (Å²) >= 11 is 0. The van der Waals surface area contributed by atoms with Crippen molar-refractivity contribution in [3.63, 3.8) is 0 Å². The van der Waals surface area contributed by atoms with Gasteiger partial charge < -0.3 is 14.6 Å². The van der Waals surface area contributed by atoms with Crippen molar-refractivity contribution in [2.75, 3.05) is 13.2 Å². The van der Waals surface area contributed by atoms with Crippen LogP contribution in [0.1, 0.15) is 56.9 Å². The SMILES string of the molecule is Cc1cc(/N=N/c2ccc(OCCCCO)cc2)ccc1/N=N/c1ccc(/N=N/c2ccc(OC3CCCCCC3)cc2)cc1. The van der Waals surface area contributed by atoms with Gasteiger partial charge in [0.2, 0.25) is 0 Å². The molecule has 0 aromatic heterocycles. The molecule has 0 saturated heterocycles. The molecule has 45 heavy (non-hydrogen) atoms. The van der Waals surface area contributed by atoms with Crippen LogP contribution in [0.2, 0.25) is 0 Å². The number of hydrogen-bond acceptors (Lipinski definition) is 9. The van der Waals surface area contributed by atoms with Crippen LogP contribution in [0.5, 0.6) is 11.5 Å². The quantitative estimate of drug-likeness (QED) is 0.0930. The molecule has 0 bridgehead atoms. The van der Waals surface area contributed by atoms with Crippen LogP contribution >= 0.6 is 0 Å². The van der Waals surface area contributed by atoms with E-state index in [1.807, 2.05) is 97.9 Å². The molecule has 0 spiro atoms. The van der Waals surface area contributed by atoms with Crippen LogP contribution in [0.25, 0.3) is 0 Å². The van der Waals surface area contributed by atoms with Crippen molar-refractivity contribution in [2.45, 2.75) is 64.4 Å². The minimum Gasteiger partial charge on any atom is -0.494 e. The molecule has 1 aliphatic rings. The molecule has 0 aliphatic heterocycles. The lowest BCUT2D eigenvalue weighted by Crippen LogP contribution is -2.14. The molecule has 0 amide bonds. The van der Waals surface area contributed by atoms with E-state index in [0.717, 1.165) is 76.9 Å². The molecule has 232 valence electrons. The van der Waals surface area contributed by atoms with Crippen molar-refractivity contribution in [2.24, 2.45) is 30.7 Å². The number of benzene rings is 4. The number of nitrogens with zero attached hydrogens (tertiary/aromatic N) is 6. The van der Waals surface area contributed by atoms with E-state index in [4.69, 9.17) is 14.6 Å². The zero-order valence-corrected chi connectivity index (χ0v) is 25.8. The first kappa shape index (κ1) is 31.7. The lowest BCUT2D eigenvalue weighted by atomic mass is 10.1. The van der Waals surface area contributed by atoms with Gasteiger partial charge in [0.15, 0.2) is 0 Å². The Morgan fingerprint density at radius 2 is 1.07 bits per heavy atom. The summed E-state index contributed by atoms with van der Waals surface area (Å²) in [6.07, 6.45) is 9.28. The minimum absolute atomic E-state index is 0.182. The molecule has 1 N–H and O–H groups in total. The third-order valence-electron chi connectivity index (χ3n) is 7.46. The largest absolute Gasteiger partial charge is 0.494 e. The smallest absolute Gasteiger partial charge is 0.119 e. The maximum atomic E-state index is 8.85. The predicted molar refractivity (Wildman–Crippen MR) is 177 cm³/mol. The number of hydrogen-bond donors (Lipinski definition) is 1. The number of ether oxygens (including phenoxy) is 2. The minimum atomic E-state index is 0.182. The maximum Gasteiger partial charge on any atom is 0.119 e. The van der Waals surface area contributed by atoms with Crippen LogP contribution in [0.4, 0.5) is 34.1 Å². The molecule has 9 heteroatoms. The molecule has 4 aromatic carbocycles. The van der Waals surface area contributed by atoms with Gasteiger partial charge in [0.1, 0.15) is 11.5 Å². The van der Waals surface area contributed by atoms with E-state index in [2.05, 4.69) is 30.7 Å². The zero-order valence-electron chi connectivity index (χ0n) is 25.8. The van der Waals surface area contributed by atoms with E-state index in [-0.39, 0.29) is 6.61 Å². The summed E-state index contributed by atoms with van der Waals surface area (Å²) in [4.78, 5) is 0. The van der Waals surface area contributed by atoms with E-state index < -0.39 is 0 Å². The van der Waals surface area contributed by atoms with Crippen molar-refractivity contribution < 1.29 is 14.6 Å². The van der Waals surface area contributed by atoms with Crippen LogP contribution in [0.3, 0.4) is 0 Å². The van der Waals surface area contributed by atoms with Gasteiger partial charge in [-0.25, -0.2) is 0 Å². The molecular weight excluding hydrogens is 564 g/mol. The summed E-state index contributed by atoms with van der Waals surface area (Å²) < 4.78 is 11.8. The van der Waals surface area contributed by atoms with Crippen LogP contribution in [-0.2, 0) is 0 Å². The van der Waals surface area contributed by atoms with E-state index in [0.29, 0.717) is 12.7 Å². The van der Waals surface area contributed by atoms with Gasteiger partial charge in [-0.1, -0.05) is 12.8 Å². The van der Waals surface area contributed by atoms with Gasteiger partial charge in [-0.2, -0.15) is 30.7 Å². The van der Waals surface area contributed by atoms with Gasteiger partial charge in [0, 0.05) is 6.61 Å². The van der Waals surface area contributed by atoms with Gasteiger partial charge in [-0.15, -0.1) is 0 Å². The van der Waals surface area contributed by atoms with Crippen molar-refractivity contribution in [3.8, 4) is 11.5 Å². The van der Waals surface area contributed by atoms with Crippen LogP contribution < -0.4 is 9.47 Å². The van der Waals surface area contributed by atoms with Crippen LogP contribution in [0.15, 0.2) is 122 Å².